The van der Waals surface area contributed by atoms with E-state index in [2.05, 4.69) is 153 Å². The maximum Gasteiger partial charge on any atom is 0.220 e. The fourth-order valence-corrected chi connectivity index (χ4v) is 9.36. The number of aliphatic hydroxyl groups excluding tert-OH is 8. The minimum absolute atomic E-state index is 0.246. The Kier molecular flexibility index (Phi) is 46.7. The van der Waals surface area contributed by atoms with E-state index in [-0.39, 0.29) is 18.9 Å². The lowest BCUT2D eigenvalue weighted by molar-refractivity contribution is -0.359. The molecule has 14 heteroatoms. The first-order valence-electron chi connectivity index (χ1n) is 31.4. The number of nitrogens with one attached hydrogen (secondary N) is 1. The van der Waals surface area contributed by atoms with Crippen LogP contribution in [0.3, 0.4) is 0 Å². The minimum atomic E-state index is -1.79. The van der Waals surface area contributed by atoms with Gasteiger partial charge in [-0.2, -0.15) is 0 Å². The van der Waals surface area contributed by atoms with Gasteiger partial charge in [0.1, 0.15) is 48.8 Å². The molecule has 0 radical (unpaired) electrons. The molecule has 0 spiro atoms. The highest BCUT2D eigenvalue weighted by Gasteiger charge is 2.51. The highest BCUT2D eigenvalue weighted by molar-refractivity contribution is 5.76. The number of unbranched alkanes of at least 4 members (excludes halogenated alkanes) is 13. The number of ether oxygens (including phenoxy) is 4. The average molecular weight is 1150 g/mol. The summed E-state index contributed by atoms with van der Waals surface area (Å²) in [7, 11) is 0. The Morgan fingerprint density at radius 1 is 0.451 bits per heavy atom. The molecule has 0 aromatic carbocycles. The molecule has 0 aromatic heterocycles. The molecule has 1 amide bonds. The first kappa shape index (κ1) is 74.2. The van der Waals surface area contributed by atoms with Crippen LogP contribution in [0.4, 0.5) is 0 Å². The molecule has 2 fully saturated rings. The summed E-state index contributed by atoms with van der Waals surface area (Å²) >= 11 is 0. The second-order valence-corrected chi connectivity index (χ2v) is 21.5. The lowest BCUT2D eigenvalue weighted by Gasteiger charge is -2.46. The molecule has 2 rings (SSSR count). The predicted octanol–water partition coefficient (Wildman–Crippen LogP) is 11.6. The molecule has 12 atom stereocenters. The number of allylic oxidation sites excluding steroid dienone is 22. The number of hydrogen-bond donors (Lipinski definition) is 9. The molecule has 466 valence electrons. The number of rotatable bonds is 48. The first-order chi connectivity index (χ1) is 40.1. The van der Waals surface area contributed by atoms with Crippen LogP contribution in [-0.2, 0) is 23.7 Å². The molecule has 0 aromatic rings. The lowest BCUT2D eigenvalue weighted by Crippen LogP contribution is -2.65. The van der Waals surface area contributed by atoms with Gasteiger partial charge in [0.15, 0.2) is 12.6 Å². The summed E-state index contributed by atoms with van der Waals surface area (Å²) in [5.74, 6) is -0.246. The highest BCUT2D eigenvalue weighted by Crippen LogP contribution is 2.30. The van der Waals surface area contributed by atoms with Crippen LogP contribution in [-0.4, -0.2) is 140 Å². The van der Waals surface area contributed by atoms with Crippen LogP contribution in [0.2, 0.25) is 0 Å². The van der Waals surface area contributed by atoms with E-state index in [4.69, 9.17) is 18.9 Å². The quantitative estimate of drug-likeness (QED) is 0.0204. The van der Waals surface area contributed by atoms with Crippen molar-refractivity contribution in [2.24, 2.45) is 0 Å². The monoisotopic (exact) mass is 1150 g/mol. The second kappa shape index (κ2) is 51.5. The third-order valence-corrected chi connectivity index (χ3v) is 14.4. The molecule has 9 N–H and O–H groups in total. The standard InChI is InChI=1S/C68H111NO13/c1-3-5-7-9-11-13-15-16-17-18-19-20-21-22-23-24-25-26-27-28-29-30-31-32-33-34-35-36-37-38-39-40-42-44-46-48-50-52-60(73)69-56(57(72)51-49-47-45-43-41-14-12-10-8-6-4-2)55-79-67-65(78)63(76)66(59(54-71)81-67)82-68-64(77)62(75)61(74)58(53-70)80-68/h5,7,11,13,16-17,19-20,22-23,25-26,28-29,31-32,34-35,37-38,40,42,56-59,61-68,70-72,74-78H,3-4,6,8-10,12,14-15,18,21,24,27,30,33,36,39,41,43-55H2,1-2H3,(H,69,73)/b7-5-,13-11-,17-16-,20-19-,23-22-,26-25-,29-28-,32-31-,35-34-,38-37-,42-40-. The fourth-order valence-electron chi connectivity index (χ4n) is 9.36. The molecular formula is C68H111NO13. The summed E-state index contributed by atoms with van der Waals surface area (Å²) in [6.07, 6.45) is 59.0. The van der Waals surface area contributed by atoms with E-state index in [9.17, 15) is 45.6 Å². The van der Waals surface area contributed by atoms with Crippen molar-refractivity contribution >= 4 is 5.91 Å². The average Bonchev–Trinajstić information content (AvgIpc) is 3.22. The summed E-state index contributed by atoms with van der Waals surface area (Å²) in [5.41, 5.74) is 0. The molecule has 12 unspecified atom stereocenters. The zero-order chi connectivity index (χ0) is 59.5. The van der Waals surface area contributed by atoms with Gasteiger partial charge in [-0.1, -0.05) is 225 Å². The first-order valence-corrected chi connectivity index (χ1v) is 31.4. The largest absolute Gasteiger partial charge is 0.394 e. The van der Waals surface area contributed by atoms with Crippen molar-refractivity contribution < 1.29 is 64.6 Å². The molecule has 0 bridgehead atoms. The molecule has 14 nitrogen and oxygen atoms in total. The smallest absolute Gasteiger partial charge is 0.220 e. The number of amides is 1. The molecule has 82 heavy (non-hydrogen) atoms. The normalized spacial score (nSPS) is 24.9. The van der Waals surface area contributed by atoms with Gasteiger partial charge in [-0.25, -0.2) is 0 Å². The van der Waals surface area contributed by atoms with Crippen LogP contribution >= 0.6 is 0 Å². The summed E-state index contributed by atoms with van der Waals surface area (Å²) < 4.78 is 22.8. The van der Waals surface area contributed by atoms with Crippen LogP contribution in [0, 0.1) is 0 Å². The molecule has 2 aliphatic rings. The minimum Gasteiger partial charge on any atom is -0.394 e. The summed E-state index contributed by atoms with van der Waals surface area (Å²) in [4.78, 5) is 13.2. The Labute approximate surface area is 494 Å². The van der Waals surface area contributed by atoms with E-state index in [0.717, 1.165) is 116 Å². The molecule has 0 aliphatic carbocycles. The summed E-state index contributed by atoms with van der Waals surface area (Å²) in [6.45, 7) is 2.68. The van der Waals surface area contributed by atoms with Crippen LogP contribution in [0.15, 0.2) is 134 Å². The van der Waals surface area contributed by atoms with Gasteiger partial charge in [0.25, 0.3) is 0 Å². The van der Waals surface area contributed by atoms with E-state index in [1.54, 1.807) is 0 Å². The number of hydrogen-bond acceptors (Lipinski definition) is 13. The zero-order valence-corrected chi connectivity index (χ0v) is 50.2. The van der Waals surface area contributed by atoms with Crippen LogP contribution in [0.1, 0.15) is 194 Å². The Bertz CT molecular complexity index is 1880. The van der Waals surface area contributed by atoms with Crippen molar-refractivity contribution in [2.45, 2.75) is 267 Å². The Balaban J connectivity index is 1.67. The second-order valence-electron chi connectivity index (χ2n) is 21.5. The van der Waals surface area contributed by atoms with E-state index in [0.29, 0.717) is 12.8 Å². The van der Waals surface area contributed by atoms with E-state index in [1.165, 1.54) is 44.9 Å². The number of carbonyl (C=O) groups excluding carboxylic acids is 1. The molecular weight excluding hydrogens is 1040 g/mol. The van der Waals surface area contributed by atoms with Crippen molar-refractivity contribution in [1.82, 2.24) is 5.32 Å². The van der Waals surface area contributed by atoms with Gasteiger partial charge in [-0.15, -0.1) is 0 Å². The van der Waals surface area contributed by atoms with E-state index in [1.807, 2.05) is 0 Å². The summed E-state index contributed by atoms with van der Waals surface area (Å²) in [6, 6.07) is -0.855. The maximum absolute atomic E-state index is 13.2. The molecule has 2 aliphatic heterocycles. The van der Waals surface area contributed by atoms with Gasteiger partial charge >= 0.3 is 0 Å². The Hall–Kier alpha value is -3.87. The highest BCUT2D eigenvalue weighted by atomic mass is 16.7. The lowest BCUT2D eigenvalue weighted by atomic mass is 9.97. The van der Waals surface area contributed by atoms with E-state index >= 15 is 0 Å². The van der Waals surface area contributed by atoms with Crippen LogP contribution in [0.5, 0.6) is 0 Å². The topological polar surface area (TPSA) is 228 Å². The Morgan fingerprint density at radius 3 is 1.28 bits per heavy atom. The molecule has 2 heterocycles. The third-order valence-electron chi connectivity index (χ3n) is 14.4. The van der Waals surface area contributed by atoms with Gasteiger partial charge in [-0.05, 0) is 96.3 Å². The van der Waals surface area contributed by atoms with Crippen molar-refractivity contribution in [3.63, 3.8) is 0 Å². The predicted molar refractivity (Wildman–Crippen MR) is 331 cm³/mol. The van der Waals surface area contributed by atoms with E-state index < -0.39 is 86.8 Å². The maximum atomic E-state index is 13.2. The van der Waals surface area contributed by atoms with Gasteiger partial charge < -0.3 is 65.1 Å². The van der Waals surface area contributed by atoms with Crippen molar-refractivity contribution in [1.29, 1.82) is 0 Å². The third kappa shape index (κ3) is 36.1. The number of carbonyl (C=O) groups is 1. The Morgan fingerprint density at radius 2 is 0.841 bits per heavy atom. The van der Waals surface area contributed by atoms with Gasteiger partial charge in [0.2, 0.25) is 5.91 Å². The van der Waals surface area contributed by atoms with Crippen LogP contribution < -0.4 is 5.32 Å². The number of aliphatic hydroxyl groups is 8. The van der Waals surface area contributed by atoms with Gasteiger partial charge in [-0.3, -0.25) is 4.79 Å². The molecule has 0 saturated carbocycles. The van der Waals surface area contributed by atoms with Gasteiger partial charge in [0.05, 0.1) is 32.0 Å². The van der Waals surface area contributed by atoms with Crippen molar-refractivity contribution in [2.75, 3.05) is 19.8 Å². The zero-order valence-electron chi connectivity index (χ0n) is 50.2. The SMILES string of the molecule is CC/C=C\C/C=C\C/C=C\C/C=C\C/C=C\C/C=C\C/C=C\C/C=C\C/C=C\C/C=C\C/C=C\CCCCCC(=O)NC(COC1OC(CO)C(OC2OC(CO)C(O)C(O)C2O)C(O)C1O)C(O)CCCCCCCCCCCCC. The van der Waals surface area contributed by atoms with Crippen molar-refractivity contribution in [3.8, 4) is 0 Å². The fraction of sp³-hybridized carbons (Fsp3) is 0.662. The molecule has 2 saturated heterocycles. The van der Waals surface area contributed by atoms with Gasteiger partial charge in [0, 0.05) is 6.42 Å². The van der Waals surface area contributed by atoms with Crippen molar-refractivity contribution in [3.05, 3.63) is 134 Å². The summed E-state index contributed by atoms with van der Waals surface area (Å²) in [5, 5.41) is 87.1. The van der Waals surface area contributed by atoms with Crippen LogP contribution in [0.25, 0.3) is 0 Å².